The summed E-state index contributed by atoms with van der Waals surface area (Å²) in [5.41, 5.74) is 1.53. The van der Waals surface area contributed by atoms with Crippen LogP contribution in [0.3, 0.4) is 0 Å². The van der Waals surface area contributed by atoms with E-state index in [0.717, 1.165) is 5.41 Å². The molecule has 0 spiro atoms. The van der Waals surface area contributed by atoms with E-state index in [2.05, 4.69) is 16.3 Å². The number of imidazole rings is 1. The summed E-state index contributed by atoms with van der Waals surface area (Å²) in [5, 5.41) is 0.774. The molecule has 0 aliphatic heterocycles. The summed E-state index contributed by atoms with van der Waals surface area (Å²) in [6, 6.07) is 4.70. The van der Waals surface area contributed by atoms with Crippen molar-refractivity contribution in [2.75, 3.05) is 26.1 Å². The van der Waals surface area contributed by atoms with Crippen molar-refractivity contribution in [3.8, 4) is 28.5 Å². The lowest BCUT2D eigenvalue weighted by Gasteiger charge is -2.21. The van der Waals surface area contributed by atoms with Crippen LogP contribution < -0.4 is 18.9 Å². The number of ether oxygens (including phenoxy) is 3. The SMILES string of the molecule is C=CS(=O)(=O)Nc1cc(-c2cnc3cc(OC)c(S(=O)(=O)C(C)(C)C)cn23)cc(OC)c1OC. The molecule has 3 rings (SSSR count). The van der Waals surface area contributed by atoms with Gasteiger partial charge in [0.25, 0.3) is 10.0 Å². The lowest BCUT2D eigenvalue weighted by atomic mass is 10.1. The van der Waals surface area contributed by atoms with Crippen molar-refractivity contribution >= 4 is 31.2 Å². The van der Waals surface area contributed by atoms with Crippen LogP contribution >= 0.6 is 0 Å². The number of hydrogen-bond acceptors (Lipinski definition) is 8. The molecule has 0 unspecified atom stereocenters. The van der Waals surface area contributed by atoms with E-state index in [1.807, 2.05) is 0 Å². The lowest BCUT2D eigenvalue weighted by molar-refractivity contribution is 0.356. The molecule has 0 saturated heterocycles. The molecule has 1 N–H and O–H groups in total. The highest BCUT2D eigenvalue weighted by molar-refractivity contribution is 7.95. The molecule has 10 nitrogen and oxygen atoms in total. The largest absolute Gasteiger partial charge is 0.495 e. The molecule has 0 fully saturated rings. The molecule has 2 heterocycles. The molecule has 3 aromatic rings. The monoisotopic (exact) mass is 509 g/mol. The van der Waals surface area contributed by atoms with Gasteiger partial charge in [-0.25, -0.2) is 21.8 Å². The van der Waals surface area contributed by atoms with Crippen LogP contribution in [0.5, 0.6) is 17.2 Å². The molecule has 0 radical (unpaired) electrons. The van der Waals surface area contributed by atoms with Gasteiger partial charge in [-0.3, -0.25) is 9.12 Å². The highest BCUT2D eigenvalue weighted by atomic mass is 32.2. The maximum Gasteiger partial charge on any atom is 0.254 e. The number of rotatable bonds is 8. The molecule has 2 aromatic heterocycles. The van der Waals surface area contributed by atoms with Crippen LogP contribution in [0.2, 0.25) is 0 Å². The predicted octanol–water partition coefficient (Wildman–Crippen LogP) is 3.48. The quantitative estimate of drug-likeness (QED) is 0.489. The van der Waals surface area contributed by atoms with Crippen molar-refractivity contribution in [2.24, 2.45) is 0 Å². The van der Waals surface area contributed by atoms with Crippen molar-refractivity contribution in [1.29, 1.82) is 0 Å². The number of nitrogens with one attached hydrogen (secondary N) is 1. The third-order valence-corrected chi connectivity index (χ3v) is 8.58. The van der Waals surface area contributed by atoms with Crippen LogP contribution in [0.4, 0.5) is 5.69 Å². The van der Waals surface area contributed by atoms with Gasteiger partial charge in [0, 0.05) is 23.2 Å². The van der Waals surface area contributed by atoms with Crippen LogP contribution in [-0.2, 0) is 19.9 Å². The summed E-state index contributed by atoms with van der Waals surface area (Å²) in [6.07, 6.45) is 2.98. The van der Waals surface area contributed by atoms with Gasteiger partial charge in [0.15, 0.2) is 21.3 Å². The van der Waals surface area contributed by atoms with E-state index in [1.165, 1.54) is 45.9 Å². The minimum absolute atomic E-state index is 0.00214. The third kappa shape index (κ3) is 4.42. The first-order valence-corrected chi connectivity index (χ1v) is 13.0. The van der Waals surface area contributed by atoms with E-state index in [4.69, 9.17) is 14.2 Å². The van der Waals surface area contributed by atoms with Crippen LogP contribution in [-0.4, -0.2) is 52.3 Å². The Bertz CT molecular complexity index is 1470. The summed E-state index contributed by atoms with van der Waals surface area (Å²) >= 11 is 0. The van der Waals surface area contributed by atoms with Gasteiger partial charge in [-0.05, 0) is 32.9 Å². The number of sulfone groups is 1. The normalized spacial score (nSPS) is 12.4. The topological polar surface area (TPSA) is 125 Å². The summed E-state index contributed by atoms with van der Waals surface area (Å²) in [6.45, 7) is 8.12. The fraction of sp³-hybridized carbons (Fsp3) is 0.318. The number of aromatic nitrogens is 2. The Kier molecular flexibility index (Phi) is 6.60. The Morgan fingerprint density at radius 1 is 1.00 bits per heavy atom. The minimum Gasteiger partial charge on any atom is -0.495 e. The van der Waals surface area contributed by atoms with Gasteiger partial charge in [0.2, 0.25) is 0 Å². The molecule has 184 valence electrons. The van der Waals surface area contributed by atoms with E-state index in [1.54, 1.807) is 31.2 Å². The second-order valence-corrected chi connectivity index (χ2v) is 12.6. The molecular formula is C22H27N3O7S2. The zero-order valence-electron chi connectivity index (χ0n) is 19.7. The number of fused-ring (bicyclic) bond motifs is 1. The summed E-state index contributed by atoms with van der Waals surface area (Å²) < 4.78 is 69.8. The van der Waals surface area contributed by atoms with Crippen LogP contribution in [0.15, 0.2) is 47.5 Å². The number of methoxy groups -OCH3 is 3. The highest BCUT2D eigenvalue weighted by Gasteiger charge is 2.34. The van der Waals surface area contributed by atoms with Crippen molar-refractivity contribution in [3.05, 3.63) is 42.6 Å². The second kappa shape index (κ2) is 8.84. The van der Waals surface area contributed by atoms with Crippen molar-refractivity contribution in [1.82, 2.24) is 9.38 Å². The first-order valence-electron chi connectivity index (χ1n) is 10.0. The van der Waals surface area contributed by atoms with Crippen LogP contribution in [0.1, 0.15) is 20.8 Å². The minimum atomic E-state index is -3.85. The maximum absolute atomic E-state index is 13.2. The molecule has 0 aliphatic rings. The fourth-order valence-corrected chi connectivity index (χ4v) is 5.13. The fourth-order valence-electron chi connectivity index (χ4n) is 3.27. The lowest BCUT2D eigenvalue weighted by Crippen LogP contribution is -2.28. The predicted molar refractivity (Wildman–Crippen MR) is 130 cm³/mol. The first kappa shape index (κ1) is 25.4. The molecule has 12 heteroatoms. The first-order chi connectivity index (χ1) is 15.8. The van der Waals surface area contributed by atoms with Gasteiger partial charge in [-0.15, -0.1) is 0 Å². The van der Waals surface area contributed by atoms with Gasteiger partial charge >= 0.3 is 0 Å². The molecule has 0 atom stereocenters. The van der Waals surface area contributed by atoms with Gasteiger partial charge in [0.1, 0.15) is 16.3 Å². The number of sulfonamides is 1. The van der Waals surface area contributed by atoms with E-state index in [-0.39, 0.29) is 27.8 Å². The van der Waals surface area contributed by atoms with Crippen molar-refractivity contribution in [3.63, 3.8) is 0 Å². The molecular weight excluding hydrogens is 482 g/mol. The number of benzene rings is 1. The molecule has 0 amide bonds. The van der Waals surface area contributed by atoms with E-state index >= 15 is 0 Å². The Morgan fingerprint density at radius 2 is 1.65 bits per heavy atom. The number of hydrogen-bond donors (Lipinski definition) is 1. The number of nitrogens with zero attached hydrogens (tertiary/aromatic N) is 2. The Morgan fingerprint density at radius 3 is 2.18 bits per heavy atom. The Hall–Kier alpha value is -3.25. The van der Waals surface area contributed by atoms with E-state index in [0.29, 0.717) is 16.9 Å². The maximum atomic E-state index is 13.2. The van der Waals surface area contributed by atoms with Gasteiger partial charge < -0.3 is 14.2 Å². The van der Waals surface area contributed by atoms with Crippen LogP contribution in [0, 0.1) is 0 Å². The molecule has 0 aliphatic carbocycles. The number of pyridine rings is 1. The Balaban J connectivity index is 2.33. The standard InChI is InChI=1S/C22H27N3O7S2/c1-8-33(26,27)24-15-9-14(10-18(31-6)21(15)32-7)16-12-23-20-11-17(30-5)19(13-25(16)20)34(28,29)22(2,3)4/h8-13,24H,1H2,2-7H3. The zero-order valence-corrected chi connectivity index (χ0v) is 21.4. The average Bonchev–Trinajstić information content (AvgIpc) is 3.19. The molecule has 34 heavy (non-hydrogen) atoms. The Labute approximate surface area is 199 Å². The summed E-state index contributed by atoms with van der Waals surface area (Å²) in [4.78, 5) is 4.37. The smallest absolute Gasteiger partial charge is 0.254 e. The average molecular weight is 510 g/mol. The van der Waals surface area contributed by atoms with E-state index in [9.17, 15) is 16.8 Å². The van der Waals surface area contributed by atoms with Gasteiger partial charge in [-0.1, -0.05) is 6.58 Å². The van der Waals surface area contributed by atoms with Crippen molar-refractivity contribution < 1.29 is 31.0 Å². The van der Waals surface area contributed by atoms with Gasteiger partial charge in [0.05, 0.1) is 43.7 Å². The number of anilines is 1. The second-order valence-electron chi connectivity index (χ2n) is 8.27. The zero-order chi connectivity index (χ0) is 25.5. The molecule has 0 bridgehead atoms. The van der Waals surface area contributed by atoms with Gasteiger partial charge in [-0.2, -0.15) is 0 Å². The van der Waals surface area contributed by atoms with Crippen LogP contribution in [0.25, 0.3) is 16.9 Å². The molecule has 1 aromatic carbocycles. The highest BCUT2D eigenvalue weighted by Crippen LogP contribution is 2.41. The van der Waals surface area contributed by atoms with Crippen molar-refractivity contribution in [2.45, 2.75) is 30.4 Å². The summed E-state index contributed by atoms with van der Waals surface area (Å²) in [7, 11) is -3.42. The third-order valence-electron chi connectivity index (χ3n) is 5.14. The summed E-state index contributed by atoms with van der Waals surface area (Å²) in [5.74, 6) is 0.599. The van der Waals surface area contributed by atoms with E-state index < -0.39 is 24.6 Å². The molecule has 0 saturated carbocycles.